The average molecular weight is 472 g/mol. The van der Waals surface area contributed by atoms with Gasteiger partial charge in [0.1, 0.15) is 17.6 Å². The number of anilines is 1. The van der Waals surface area contributed by atoms with Crippen LogP contribution in [0.2, 0.25) is 0 Å². The van der Waals surface area contributed by atoms with E-state index in [4.69, 9.17) is 4.74 Å². The molecule has 1 aliphatic rings. The Labute approximate surface area is 190 Å². The molecule has 3 unspecified atom stereocenters. The largest absolute Gasteiger partial charge is 0.772 e. The highest BCUT2D eigenvalue weighted by molar-refractivity contribution is 7.79. The Hall–Kier alpha value is -3.64. The molecule has 0 bridgehead atoms. The van der Waals surface area contributed by atoms with Crippen molar-refractivity contribution < 1.29 is 27.5 Å². The number of nitrogens with zero attached hydrogens (tertiary/aromatic N) is 3. The Bertz CT molecular complexity index is 1190. The lowest BCUT2D eigenvalue weighted by Crippen LogP contribution is -2.33. The Morgan fingerprint density at radius 3 is 2.73 bits per heavy atom. The molecule has 1 aromatic heterocycles. The van der Waals surface area contributed by atoms with Gasteiger partial charge in [-0.2, -0.15) is 15.4 Å². The van der Waals surface area contributed by atoms with Crippen molar-refractivity contribution in [1.82, 2.24) is 20.7 Å². The maximum Gasteiger partial charge on any atom is 0.414 e. The lowest BCUT2D eigenvalue weighted by molar-refractivity contribution is -0.119. The van der Waals surface area contributed by atoms with E-state index in [1.165, 1.54) is 30.2 Å². The second-order valence-corrected chi connectivity index (χ2v) is 8.37. The van der Waals surface area contributed by atoms with Crippen LogP contribution >= 0.6 is 0 Å². The number of aromatic nitrogens is 3. The summed E-state index contributed by atoms with van der Waals surface area (Å²) < 4.78 is 43.5. The van der Waals surface area contributed by atoms with Gasteiger partial charge in [-0.1, -0.05) is 24.3 Å². The third-order valence-corrected chi connectivity index (χ3v) is 6.03. The number of halogens is 1. The van der Waals surface area contributed by atoms with Crippen LogP contribution in [0.4, 0.5) is 14.9 Å². The van der Waals surface area contributed by atoms with E-state index < -0.39 is 34.3 Å². The molecule has 3 aromatic rings. The van der Waals surface area contributed by atoms with Gasteiger partial charge in [0.2, 0.25) is 5.91 Å². The lowest BCUT2D eigenvalue weighted by atomic mass is 10.0. The Kier molecular flexibility index (Phi) is 6.47. The van der Waals surface area contributed by atoms with Crippen molar-refractivity contribution in [3.05, 3.63) is 65.7 Å². The van der Waals surface area contributed by atoms with Crippen LogP contribution in [0.15, 0.2) is 48.7 Å². The number of amides is 2. The molecule has 0 spiro atoms. The van der Waals surface area contributed by atoms with Gasteiger partial charge in [0.05, 0.1) is 30.2 Å². The average Bonchev–Trinajstić information content (AvgIpc) is 3.43. The predicted octanol–water partition coefficient (Wildman–Crippen LogP) is 2.04. The lowest BCUT2D eigenvalue weighted by Gasteiger charge is -2.18. The standard InChI is InChI=1S/C21H20FN5O5S/c1-12(28)23-9-16-11-27(21(29)32-16)15-6-7-17(18(22)8-15)13-2-4-14(5-3-13)20(33(30)31)19-10-24-26-25-19/h2-8,10,16,20H,9,11H2,1H3,(H,23,28)(H,30,31)(H,24,25,26)/p-1. The van der Waals surface area contributed by atoms with Gasteiger partial charge in [-0.15, -0.1) is 0 Å². The second-order valence-electron chi connectivity index (χ2n) is 7.38. The summed E-state index contributed by atoms with van der Waals surface area (Å²) in [5.74, 6) is -0.793. The molecule has 1 saturated heterocycles. The van der Waals surface area contributed by atoms with Crippen LogP contribution in [0.5, 0.6) is 0 Å². The SMILES string of the molecule is CC(=O)NCC1CN(c2ccc(-c3ccc(C(c4cn[nH]n4)S(=O)[O-])cc3)c(F)c2)C(=O)O1. The Morgan fingerprint density at radius 2 is 2.12 bits per heavy atom. The van der Waals surface area contributed by atoms with E-state index >= 15 is 0 Å². The molecule has 2 heterocycles. The van der Waals surface area contributed by atoms with E-state index in [9.17, 15) is 22.7 Å². The molecule has 0 aliphatic carbocycles. The van der Waals surface area contributed by atoms with Crippen LogP contribution in [0, 0.1) is 5.82 Å². The van der Waals surface area contributed by atoms with Crippen LogP contribution in [0.3, 0.4) is 0 Å². The number of hydrogen-bond acceptors (Lipinski definition) is 7. The third kappa shape index (κ3) is 4.91. The normalized spacial score (nSPS) is 17.5. The molecule has 12 heteroatoms. The zero-order valence-electron chi connectivity index (χ0n) is 17.4. The highest BCUT2D eigenvalue weighted by Gasteiger charge is 2.32. The van der Waals surface area contributed by atoms with E-state index in [0.29, 0.717) is 16.8 Å². The van der Waals surface area contributed by atoms with Gasteiger partial charge in [0, 0.05) is 12.5 Å². The number of hydrogen-bond donors (Lipinski definition) is 2. The minimum atomic E-state index is -2.47. The summed E-state index contributed by atoms with van der Waals surface area (Å²) in [4.78, 5) is 24.5. The third-order valence-electron chi connectivity index (χ3n) is 5.14. The van der Waals surface area contributed by atoms with E-state index in [2.05, 4.69) is 20.7 Å². The summed E-state index contributed by atoms with van der Waals surface area (Å²) >= 11 is -2.47. The highest BCUT2D eigenvalue weighted by Crippen LogP contribution is 2.31. The van der Waals surface area contributed by atoms with Gasteiger partial charge in [-0.3, -0.25) is 13.9 Å². The fourth-order valence-electron chi connectivity index (χ4n) is 3.56. The number of benzene rings is 2. The molecular formula is C21H19FN5O5S-. The van der Waals surface area contributed by atoms with Crippen molar-refractivity contribution in [2.24, 2.45) is 0 Å². The smallest absolute Gasteiger partial charge is 0.414 e. The fraction of sp³-hybridized carbons (Fsp3) is 0.238. The fourth-order valence-corrected chi connectivity index (χ4v) is 4.25. The van der Waals surface area contributed by atoms with Gasteiger partial charge in [-0.05, 0) is 40.4 Å². The number of ether oxygens (including phenoxy) is 1. The molecule has 10 nitrogen and oxygen atoms in total. The number of rotatable bonds is 7. The van der Waals surface area contributed by atoms with E-state index in [-0.39, 0.29) is 30.3 Å². The molecule has 1 fully saturated rings. The van der Waals surface area contributed by atoms with Crippen molar-refractivity contribution in [3.8, 4) is 11.1 Å². The summed E-state index contributed by atoms with van der Waals surface area (Å²) in [5.41, 5.74) is 1.86. The van der Waals surface area contributed by atoms with Gasteiger partial charge < -0.3 is 14.6 Å². The molecule has 0 radical (unpaired) electrons. The minimum Gasteiger partial charge on any atom is -0.772 e. The zero-order valence-corrected chi connectivity index (χ0v) is 18.2. The number of carbonyl (C=O) groups excluding carboxylic acids is 2. The molecule has 2 amide bonds. The first-order valence-corrected chi connectivity index (χ1v) is 11.0. The molecule has 4 rings (SSSR count). The Balaban J connectivity index is 1.52. The van der Waals surface area contributed by atoms with E-state index in [0.717, 1.165) is 0 Å². The highest BCUT2D eigenvalue weighted by atomic mass is 32.2. The van der Waals surface area contributed by atoms with Crippen LogP contribution in [-0.4, -0.2) is 55.4 Å². The van der Waals surface area contributed by atoms with Crippen LogP contribution < -0.4 is 10.2 Å². The molecule has 1 aliphatic heterocycles. The summed E-state index contributed by atoms with van der Waals surface area (Å²) in [6, 6.07) is 10.8. The second kappa shape index (κ2) is 9.46. The molecule has 0 saturated carbocycles. The van der Waals surface area contributed by atoms with Crippen molar-refractivity contribution in [2.75, 3.05) is 18.0 Å². The number of H-pyrrole nitrogens is 1. The van der Waals surface area contributed by atoms with Crippen LogP contribution in [0.25, 0.3) is 11.1 Å². The first kappa shape index (κ1) is 22.6. The Morgan fingerprint density at radius 1 is 1.36 bits per heavy atom. The minimum absolute atomic E-state index is 0.175. The predicted molar refractivity (Wildman–Crippen MR) is 115 cm³/mol. The molecule has 2 N–H and O–H groups in total. The van der Waals surface area contributed by atoms with Gasteiger partial charge >= 0.3 is 6.09 Å². The topological polar surface area (TPSA) is 140 Å². The van der Waals surface area contributed by atoms with Crippen molar-refractivity contribution in [2.45, 2.75) is 18.3 Å². The number of aromatic amines is 1. The monoisotopic (exact) mass is 472 g/mol. The summed E-state index contributed by atoms with van der Waals surface area (Å²) in [6.45, 7) is 1.72. The van der Waals surface area contributed by atoms with Crippen molar-refractivity contribution >= 4 is 28.8 Å². The van der Waals surface area contributed by atoms with Gasteiger partial charge in [0.15, 0.2) is 0 Å². The summed E-state index contributed by atoms with van der Waals surface area (Å²) in [7, 11) is 0. The number of nitrogens with one attached hydrogen (secondary N) is 2. The summed E-state index contributed by atoms with van der Waals surface area (Å²) in [5, 5.41) is 11.4. The molecule has 33 heavy (non-hydrogen) atoms. The first-order chi connectivity index (χ1) is 15.8. The molecule has 3 atom stereocenters. The maximum absolute atomic E-state index is 14.9. The van der Waals surface area contributed by atoms with Crippen LogP contribution in [0.1, 0.15) is 23.4 Å². The quantitative estimate of drug-likeness (QED) is 0.502. The van der Waals surface area contributed by atoms with E-state index in [1.54, 1.807) is 30.3 Å². The van der Waals surface area contributed by atoms with Gasteiger partial charge in [-0.25, -0.2) is 9.18 Å². The molecule has 2 aromatic carbocycles. The number of cyclic esters (lactones) is 1. The number of carbonyl (C=O) groups is 2. The molecule has 172 valence electrons. The van der Waals surface area contributed by atoms with E-state index in [1.807, 2.05) is 0 Å². The zero-order chi connectivity index (χ0) is 23.5. The maximum atomic E-state index is 14.9. The van der Waals surface area contributed by atoms with Crippen LogP contribution in [-0.2, 0) is 20.6 Å². The van der Waals surface area contributed by atoms with Crippen molar-refractivity contribution in [1.29, 1.82) is 0 Å². The molecular weight excluding hydrogens is 453 g/mol. The van der Waals surface area contributed by atoms with Crippen molar-refractivity contribution in [3.63, 3.8) is 0 Å². The summed E-state index contributed by atoms with van der Waals surface area (Å²) in [6.07, 6.45) is 0.184. The first-order valence-electron chi connectivity index (χ1n) is 9.89. The van der Waals surface area contributed by atoms with Gasteiger partial charge in [0.25, 0.3) is 0 Å².